The van der Waals surface area contributed by atoms with Crippen LogP contribution in [0, 0.1) is 5.82 Å². The summed E-state index contributed by atoms with van der Waals surface area (Å²) in [4.78, 5) is 17.3. The Labute approximate surface area is 149 Å². The van der Waals surface area contributed by atoms with Crippen molar-refractivity contribution in [2.45, 2.75) is 19.8 Å². The van der Waals surface area contributed by atoms with Gasteiger partial charge in [0.2, 0.25) is 0 Å². The largest absolute Gasteiger partial charge is 0.293 e. The predicted octanol–water partition coefficient (Wildman–Crippen LogP) is 4.45. The van der Waals surface area contributed by atoms with E-state index in [1.165, 1.54) is 22.7 Å². The first-order valence-electron chi connectivity index (χ1n) is 8.63. The summed E-state index contributed by atoms with van der Waals surface area (Å²) in [5.74, 6) is -0.353. The summed E-state index contributed by atoms with van der Waals surface area (Å²) >= 11 is 0. The maximum absolute atomic E-state index is 13.6. The lowest BCUT2D eigenvalue weighted by Crippen LogP contribution is -2.14. The van der Waals surface area contributed by atoms with E-state index in [-0.39, 0.29) is 11.4 Å². The minimum Gasteiger partial charge on any atom is -0.293 e. The number of H-pyrrole nitrogens is 1. The van der Waals surface area contributed by atoms with Gasteiger partial charge in [0, 0.05) is 22.9 Å². The van der Waals surface area contributed by atoms with Crippen LogP contribution in [0.5, 0.6) is 0 Å². The van der Waals surface area contributed by atoms with Gasteiger partial charge in [0.1, 0.15) is 5.82 Å². The van der Waals surface area contributed by atoms with E-state index in [1.54, 1.807) is 12.1 Å². The summed E-state index contributed by atoms with van der Waals surface area (Å²) in [6.45, 7) is 2.09. The van der Waals surface area contributed by atoms with Crippen LogP contribution in [0.3, 0.4) is 0 Å². The SMILES string of the molecule is CCCc1[nH]n2c(=O)cc(-c3cccc(F)c3)nc2c1-c1ccccc1. The van der Waals surface area contributed by atoms with Crippen LogP contribution in [-0.2, 0) is 6.42 Å². The van der Waals surface area contributed by atoms with Crippen molar-refractivity contribution in [3.8, 4) is 22.4 Å². The normalized spacial score (nSPS) is 11.2. The predicted molar refractivity (Wildman–Crippen MR) is 101 cm³/mol. The molecule has 0 atom stereocenters. The summed E-state index contributed by atoms with van der Waals surface area (Å²) in [5.41, 5.74) is 4.29. The molecule has 4 nitrogen and oxygen atoms in total. The van der Waals surface area contributed by atoms with Crippen molar-refractivity contribution in [2.24, 2.45) is 0 Å². The smallest absolute Gasteiger partial charge is 0.273 e. The van der Waals surface area contributed by atoms with Crippen molar-refractivity contribution in [1.29, 1.82) is 0 Å². The first-order valence-corrected chi connectivity index (χ1v) is 8.63. The minimum absolute atomic E-state index is 0.214. The van der Waals surface area contributed by atoms with Crippen LogP contribution >= 0.6 is 0 Å². The third-order valence-corrected chi connectivity index (χ3v) is 4.37. The van der Waals surface area contributed by atoms with Crippen molar-refractivity contribution in [3.05, 3.63) is 82.5 Å². The zero-order chi connectivity index (χ0) is 18.1. The van der Waals surface area contributed by atoms with Gasteiger partial charge in [0.15, 0.2) is 5.65 Å². The molecule has 5 heteroatoms. The topological polar surface area (TPSA) is 50.2 Å². The van der Waals surface area contributed by atoms with Gasteiger partial charge in [-0.1, -0.05) is 55.8 Å². The molecule has 0 amide bonds. The molecule has 0 aliphatic rings. The number of aromatic nitrogens is 3. The summed E-state index contributed by atoms with van der Waals surface area (Å²) in [6.07, 6.45) is 1.75. The van der Waals surface area contributed by atoms with E-state index in [0.29, 0.717) is 16.9 Å². The molecule has 4 aromatic rings. The Morgan fingerprint density at radius 1 is 1.04 bits per heavy atom. The molecule has 0 saturated carbocycles. The van der Waals surface area contributed by atoms with Crippen molar-refractivity contribution >= 4 is 5.65 Å². The fourth-order valence-electron chi connectivity index (χ4n) is 3.22. The van der Waals surface area contributed by atoms with Crippen LogP contribution in [0.25, 0.3) is 28.0 Å². The van der Waals surface area contributed by atoms with Crippen LogP contribution in [0.1, 0.15) is 19.0 Å². The van der Waals surface area contributed by atoms with Gasteiger partial charge >= 0.3 is 0 Å². The van der Waals surface area contributed by atoms with Crippen molar-refractivity contribution in [3.63, 3.8) is 0 Å². The van der Waals surface area contributed by atoms with Crippen LogP contribution in [0.2, 0.25) is 0 Å². The minimum atomic E-state index is -0.353. The Hall–Kier alpha value is -3.21. The van der Waals surface area contributed by atoms with Crippen molar-refractivity contribution < 1.29 is 4.39 Å². The van der Waals surface area contributed by atoms with Crippen LogP contribution in [0.4, 0.5) is 4.39 Å². The third-order valence-electron chi connectivity index (χ3n) is 4.37. The van der Waals surface area contributed by atoms with E-state index in [9.17, 15) is 9.18 Å². The summed E-state index contributed by atoms with van der Waals surface area (Å²) in [5, 5.41) is 3.19. The molecule has 0 bridgehead atoms. The second kappa shape index (κ2) is 6.59. The van der Waals surface area contributed by atoms with Gasteiger partial charge in [-0.25, -0.2) is 13.9 Å². The Morgan fingerprint density at radius 3 is 2.54 bits per heavy atom. The average Bonchev–Trinajstić information content (AvgIpc) is 3.01. The fourth-order valence-corrected chi connectivity index (χ4v) is 3.22. The van der Waals surface area contributed by atoms with Gasteiger partial charge in [-0.05, 0) is 24.1 Å². The molecular weight excluding hydrogens is 329 g/mol. The number of rotatable bonds is 4. The van der Waals surface area contributed by atoms with Gasteiger partial charge in [-0.15, -0.1) is 0 Å². The van der Waals surface area contributed by atoms with Crippen molar-refractivity contribution in [2.75, 3.05) is 0 Å². The molecule has 1 N–H and O–H groups in total. The number of hydrogen-bond donors (Lipinski definition) is 1. The number of aryl methyl sites for hydroxylation is 1. The number of halogens is 1. The van der Waals surface area contributed by atoms with E-state index >= 15 is 0 Å². The molecule has 0 radical (unpaired) electrons. The molecule has 4 rings (SSSR count). The maximum Gasteiger partial charge on any atom is 0.273 e. The maximum atomic E-state index is 13.6. The zero-order valence-corrected chi connectivity index (χ0v) is 14.4. The van der Waals surface area contributed by atoms with Gasteiger partial charge in [0.25, 0.3) is 5.56 Å². The molecule has 2 heterocycles. The van der Waals surface area contributed by atoms with E-state index in [0.717, 1.165) is 29.7 Å². The zero-order valence-electron chi connectivity index (χ0n) is 14.4. The van der Waals surface area contributed by atoms with Crippen LogP contribution < -0.4 is 5.56 Å². The number of fused-ring (bicyclic) bond motifs is 1. The molecule has 2 aromatic carbocycles. The monoisotopic (exact) mass is 347 g/mol. The highest BCUT2D eigenvalue weighted by Crippen LogP contribution is 2.29. The lowest BCUT2D eigenvalue weighted by atomic mass is 10.0. The average molecular weight is 347 g/mol. The summed E-state index contributed by atoms with van der Waals surface area (Å²) in [7, 11) is 0. The lowest BCUT2D eigenvalue weighted by molar-refractivity contribution is 0.628. The summed E-state index contributed by atoms with van der Waals surface area (Å²) < 4.78 is 15.1. The van der Waals surface area contributed by atoms with E-state index < -0.39 is 0 Å². The Balaban J connectivity index is 2.02. The number of benzene rings is 2. The molecule has 0 spiro atoms. The number of hydrogen-bond acceptors (Lipinski definition) is 2. The fraction of sp³-hybridized carbons (Fsp3) is 0.143. The number of nitrogens with one attached hydrogen (secondary N) is 1. The van der Waals surface area contributed by atoms with E-state index in [2.05, 4.69) is 12.0 Å². The second-order valence-corrected chi connectivity index (χ2v) is 6.23. The highest BCUT2D eigenvalue weighted by atomic mass is 19.1. The molecule has 0 saturated heterocycles. The standard InChI is InChI=1S/C21H18FN3O/c1-2-7-17-20(14-8-4-3-5-9-14)21-23-18(13-19(26)25(21)24-17)15-10-6-11-16(22)12-15/h3-6,8-13,24H,2,7H2,1H3. The highest BCUT2D eigenvalue weighted by Gasteiger charge is 2.17. The lowest BCUT2D eigenvalue weighted by Gasteiger charge is -2.04. The molecule has 0 aliphatic heterocycles. The first kappa shape index (κ1) is 16.3. The quantitative estimate of drug-likeness (QED) is 0.593. The van der Waals surface area contributed by atoms with Gasteiger partial charge in [-0.3, -0.25) is 9.89 Å². The third kappa shape index (κ3) is 2.81. The first-order chi connectivity index (χ1) is 12.7. The number of nitrogens with zero attached hydrogens (tertiary/aromatic N) is 2. The molecule has 0 fully saturated rings. The Bertz CT molecular complexity index is 1130. The van der Waals surface area contributed by atoms with Gasteiger partial charge in [-0.2, -0.15) is 0 Å². The molecule has 0 aliphatic carbocycles. The molecule has 0 unspecified atom stereocenters. The molecule has 2 aromatic heterocycles. The Kier molecular flexibility index (Phi) is 4.13. The van der Waals surface area contributed by atoms with Crippen LogP contribution in [0.15, 0.2) is 65.5 Å². The second-order valence-electron chi connectivity index (χ2n) is 6.23. The molecule has 26 heavy (non-hydrogen) atoms. The Morgan fingerprint density at radius 2 is 1.81 bits per heavy atom. The van der Waals surface area contributed by atoms with Gasteiger partial charge in [0.05, 0.1) is 5.69 Å². The molecular formula is C21H18FN3O. The van der Waals surface area contributed by atoms with E-state index in [1.807, 2.05) is 30.3 Å². The van der Waals surface area contributed by atoms with Gasteiger partial charge < -0.3 is 0 Å². The highest BCUT2D eigenvalue weighted by molar-refractivity contribution is 5.81. The summed E-state index contributed by atoms with van der Waals surface area (Å²) in [6, 6.07) is 17.5. The number of aromatic amines is 1. The van der Waals surface area contributed by atoms with Crippen molar-refractivity contribution in [1.82, 2.24) is 14.6 Å². The van der Waals surface area contributed by atoms with Crippen LogP contribution in [-0.4, -0.2) is 14.6 Å². The van der Waals surface area contributed by atoms with E-state index in [4.69, 9.17) is 4.98 Å². The molecule has 130 valence electrons.